The van der Waals surface area contributed by atoms with E-state index in [9.17, 15) is 21.6 Å². The van der Waals surface area contributed by atoms with Crippen molar-refractivity contribution < 1.29 is 30.4 Å². The van der Waals surface area contributed by atoms with Crippen molar-refractivity contribution in [2.45, 2.75) is 16.7 Å². The summed E-state index contributed by atoms with van der Waals surface area (Å²) in [5, 5.41) is 2.50. The van der Waals surface area contributed by atoms with E-state index in [2.05, 4.69) is 10.3 Å². The lowest BCUT2D eigenvalue weighted by Crippen LogP contribution is -2.37. The quantitative estimate of drug-likeness (QED) is 0.291. The Kier molecular flexibility index (Phi) is 6.66. The molecule has 0 fully saturated rings. The molecule has 0 aliphatic heterocycles. The number of halogens is 1. The predicted molar refractivity (Wildman–Crippen MR) is 143 cm³/mol. The second kappa shape index (κ2) is 9.97. The highest BCUT2D eigenvalue weighted by Crippen LogP contribution is 2.34. The minimum atomic E-state index is -4.84. The number of furan rings is 1. The number of nitrogens with zero attached hydrogens (tertiary/aromatic N) is 2. The maximum absolute atomic E-state index is 15.2. The van der Waals surface area contributed by atoms with Gasteiger partial charge in [-0.15, -0.1) is 0 Å². The third kappa shape index (κ3) is 4.99. The van der Waals surface area contributed by atoms with E-state index < -0.39 is 37.5 Å². The molecule has 39 heavy (non-hydrogen) atoms. The van der Waals surface area contributed by atoms with Gasteiger partial charge in [0.05, 0.1) is 9.79 Å². The molecule has 0 saturated carbocycles. The second-order valence-corrected chi connectivity index (χ2v) is 12.2. The number of aromatic nitrogens is 1. The first-order chi connectivity index (χ1) is 18.6. The molecule has 2 heterocycles. The van der Waals surface area contributed by atoms with E-state index in [4.69, 9.17) is 4.42 Å². The first kappa shape index (κ1) is 26.1. The normalized spacial score (nSPS) is 11.8. The van der Waals surface area contributed by atoms with Crippen LogP contribution in [0.3, 0.4) is 0 Å². The van der Waals surface area contributed by atoms with Crippen LogP contribution in [-0.4, -0.2) is 27.7 Å². The summed E-state index contributed by atoms with van der Waals surface area (Å²) in [4.78, 5) is 16.4. The Morgan fingerprint density at radius 2 is 1.41 bits per heavy atom. The van der Waals surface area contributed by atoms with Crippen LogP contribution in [0.4, 0.5) is 15.8 Å². The number of sulfonamides is 2. The van der Waals surface area contributed by atoms with E-state index in [0.29, 0.717) is 11.1 Å². The molecule has 5 aromatic rings. The monoisotopic (exact) mass is 565 g/mol. The van der Waals surface area contributed by atoms with Gasteiger partial charge in [0.15, 0.2) is 11.3 Å². The molecule has 0 atom stereocenters. The van der Waals surface area contributed by atoms with Crippen molar-refractivity contribution in [3.63, 3.8) is 0 Å². The van der Waals surface area contributed by atoms with Crippen molar-refractivity contribution in [3.05, 3.63) is 114 Å². The number of nitrogens with one attached hydrogen (secondary N) is 1. The number of hydrogen-bond donors (Lipinski definition) is 1. The van der Waals surface area contributed by atoms with Crippen LogP contribution in [0.1, 0.15) is 16.2 Å². The van der Waals surface area contributed by atoms with Crippen LogP contribution in [0.15, 0.2) is 111 Å². The zero-order chi connectivity index (χ0) is 27.8. The lowest BCUT2D eigenvalue weighted by Gasteiger charge is -2.25. The van der Waals surface area contributed by atoms with E-state index in [1.807, 2.05) is 0 Å². The maximum atomic E-state index is 15.2. The zero-order valence-corrected chi connectivity index (χ0v) is 21.9. The van der Waals surface area contributed by atoms with Gasteiger partial charge in [-0.3, -0.25) is 4.79 Å². The van der Waals surface area contributed by atoms with Crippen molar-refractivity contribution in [3.8, 4) is 0 Å². The summed E-state index contributed by atoms with van der Waals surface area (Å²) in [5.74, 6) is -1.97. The van der Waals surface area contributed by atoms with Crippen LogP contribution in [0.5, 0.6) is 0 Å². The zero-order valence-electron chi connectivity index (χ0n) is 20.3. The summed E-state index contributed by atoms with van der Waals surface area (Å²) in [6.07, 6.45) is 0. The highest BCUT2D eigenvalue weighted by atomic mass is 32.3. The van der Waals surface area contributed by atoms with Crippen LogP contribution < -0.4 is 9.03 Å². The van der Waals surface area contributed by atoms with Gasteiger partial charge in [-0.05, 0) is 61.5 Å². The highest BCUT2D eigenvalue weighted by molar-refractivity contribution is 8.10. The van der Waals surface area contributed by atoms with Gasteiger partial charge in [0.25, 0.3) is 26.0 Å². The molecule has 0 radical (unpaired) electrons. The minimum Gasteiger partial charge on any atom is -0.449 e. The molecule has 0 bridgehead atoms. The summed E-state index contributed by atoms with van der Waals surface area (Å²) in [5.41, 5.74) is 0.673. The number of fused-ring (bicyclic) bond motifs is 1. The molecule has 0 unspecified atom stereocenters. The van der Waals surface area contributed by atoms with Gasteiger partial charge in [0, 0.05) is 17.4 Å². The Morgan fingerprint density at radius 1 is 0.821 bits per heavy atom. The molecule has 1 amide bonds. The average molecular weight is 566 g/mol. The first-order valence-corrected chi connectivity index (χ1v) is 14.3. The Balaban J connectivity index is 1.60. The van der Waals surface area contributed by atoms with Gasteiger partial charge < -0.3 is 9.73 Å². The van der Waals surface area contributed by atoms with E-state index in [0.717, 1.165) is 17.8 Å². The standard InChI is InChI=1S/C27H20FN3O6S2/c1-18-12-15-25-23(29-18)17-26(37-25)27(32)30-19-13-14-22(28)24(16-19)31(38(33,34)20-8-4-2-5-9-20)39(35,36)21-10-6-3-7-11-21/h2-17H,1H3,(H,30,32). The van der Waals surface area contributed by atoms with E-state index in [1.54, 1.807) is 31.2 Å². The summed E-state index contributed by atoms with van der Waals surface area (Å²) in [6, 6.07) is 21.3. The van der Waals surface area contributed by atoms with Crippen molar-refractivity contribution in [1.29, 1.82) is 0 Å². The SMILES string of the molecule is Cc1ccc2oc(C(=O)Nc3ccc(F)c(N(S(=O)(=O)c4ccccc4)S(=O)(=O)c4ccccc4)c3)cc2n1. The summed E-state index contributed by atoms with van der Waals surface area (Å²) in [6.45, 7) is 1.78. The molecule has 0 aliphatic rings. The van der Waals surface area contributed by atoms with Gasteiger partial charge in [-0.25, -0.2) is 26.2 Å². The van der Waals surface area contributed by atoms with Crippen molar-refractivity contribution >= 4 is 48.4 Å². The highest BCUT2D eigenvalue weighted by Gasteiger charge is 2.38. The molecule has 0 aliphatic carbocycles. The van der Waals surface area contributed by atoms with Gasteiger partial charge >= 0.3 is 0 Å². The average Bonchev–Trinajstić information content (AvgIpc) is 3.35. The number of amides is 1. The van der Waals surface area contributed by atoms with Gasteiger partial charge in [-0.1, -0.05) is 36.4 Å². The molecule has 12 heteroatoms. The van der Waals surface area contributed by atoms with Crippen LogP contribution in [0, 0.1) is 12.7 Å². The molecule has 3 aromatic carbocycles. The van der Waals surface area contributed by atoms with Gasteiger partial charge in [0.2, 0.25) is 0 Å². The molecule has 0 spiro atoms. The second-order valence-electron chi connectivity index (χ2n) is 8.40. The van der Waals surface area contributed by atoms with E-state index in [-0.39, 0.29) is 24.9 Å². The number of aryl methyl sites for hydroxylation is 1. The molecule has 0 saturated heterocycles. The number of rotatable bonds is 7. The number of carbonyl (C=O) groups excluding carboxylic acids is 1. The van der Waals surface area contributed by atoms with Crippen molar-refractivity contribution in [2.75, 3.05) is 9.03 Å². The molecule has 1 N–H and O–H groups in total. The predicted octanol–water partition coefficient (Wildman–Crippen LogP) is 5.11. The number of pyridine rings is 1. The molecular formula is C27H20FN3O6S2. The Hall–Kier alpha value is -4.55. The largest absolute Gasteiger partial charge is 0.449 e. The topological polar surface area (TPSA) is 127 Å². The van der Waals surface area contributed by atoms with Crippen molar-refractivity contribution in [1.82, 2.24) is 4.98 Å². The summed E-state index contributed by atoms with van der Waals surface area (Å²) < 4.78 is 75.4. The van der Waals surface area contributed by atoms with E-state index in [1.165, 1.54) is 60.7 Å². The maximum Gasteiger partial charge on any atom is 0.291 e. The van der Waals surface area contributed by atoms with Crippen LogP contribution >= 0.6 is 0 Å². The molecular weight excluding hydrogens is 545 g/mol. The smallest absolute Gasteiger partial charge is 0.291 e. The lowest BCUT2D eigenvalue weighted by molar-refractivity contribution is 0.0998. The molecule has 5 rings (SSSR count). The molecule has 2 aromatic heterocycles. The Morgan fingerprint density at radius 3 is 2.00 bits per heavy atom. The number of carbonyl (C=O) groups is 1. The molecule has 9 nitrogen and oxygen atoms in total. The van der Waals surface area contributed by atoms with E-state index >= 15 is 4.39 Å². The number of benzene rings is 3. The van der Waals surface area contributed by atoms with Gasteiger partial charge in [0.1, 0.15) is 17.0 Å². The molecule has 198 valence electrons. The number of anilines is 2. The Labute approximate surface area is 223 Å². The lowest BCUT2D eigenvalue weighted by atomic mass is 10.2. The Bertz CT molecular complexity index is 1840. The fourth-order valence-electron chi connectivity index (χ4n) is 3.83. The third-order valence-electron chi connectivity index (χ3n) is 5.66. The fourth-order valence-corrected chi connectivity index (χ4v) is 7.56. The fraction of sp³-hybridized carbons (Fsp3) is 0.0370. The van der Waals surface area contributed by atoms with Crippen molar-refractivity contribution in [2.24, 2.45) is 0 Å². The van der Waals surface area contributed by atoms with Crippen LogP contribution in [0.25, 0.3) is 11.1 Å². The third-order valence-corrected chi connectivity index (χ3v) is 9.84. The summed E-state index contributed by atoms with van der Waals surface area (Å²) >= 11 is 0. The van der Waals surface area contributed by atoms with Crippen LogP contribution in [0.2, 0.25) is 0 Å². The summed E-state index contributed by atoms with van der Waals surface area (Å²) in [7, 11) is -9.67. The first-order valence-electron chi connectivity index (χ1n) is 11.5. The van der Waals surface area contributed by atoms with Crippen LogP contribution in [-0.2, 0) is 20.0 Å². The minimum absolute atomic E-state index is 0.0313. The van der Waals surface area contributed by atoms with Gasteiger partial charge in [-0.2, -0.15) is 3.71 Å². The number of hydrogen-bond acceptors (Lipinski definition) is 7.